The number of hydrogen-bond donors (Lipinski definition) is 1. The molecule has 1 atom stereocenters. The van der Waals surface area contributed by atoms with Gasteiger partial charge in [0.1, 0.15) is 23.9 Å². The quantitative estimate of drug-likeness (QED) is 0.561. The first-order chi connectivity index (χ1) is 13.5. The van der Waals surface area contributed by atoms with Crippen molar-refractivity contribution in [2.75, 3.05) is 33.9 Å². The Kier molecular flexibility index (Phi) is 9.34. The van der Waals surface area contributed by atoms with Crippen molar-refractivity contribution in [1.29, 1.82) is 0 Å². The summed E-state index contributed by atoms with van der Waals surface area (Å²) in [6.07, 6.45) is 2.10. The Hall–Kier alpha value is -2.02. The van der Waals surface area contributed by atoms with Gasteiger partial charge in [0.25, 0.3) is 0 Å². The molecule has 6 nitrogen and oxygen atoms in total. The molecule has 1 aromatic heterocycles. The summed E-state index contributed by atoms with van der Waals surface area (Å²) in [7, 11) is 3.30. The second kappa shape index (κ2) is 11.7. The molecule has 0 aliphatic heterocycles. The van der Waals surface area contributed by atoms with Gasteiger partial charge < -0.3 is 23.7 Å². The maximum atomic E-state index is 10.4. The average Bonchev–Trinajstić information content (AvgIpc) is 3.19. The zero-order chi connectivity index (χ0) is 20.4. The van der Waals surface area contributed by atoms with E-state index in [4.69, 9.17) is 18.6 Å². The minimum absolute atomic E-state index is 0.264. The van der Waals surface area contributed by atoms with Gasteiger partial charge in [-0.25, -0.2) is 0 Å². The average molecular weight is 392 g/mol. The van der Waals surface area contributed by atoms with Gasteiger partial charge in [0.15, 0.2) is 0 Å². The van der Waals surface area contributed by atoms with Crippen LogP contribution in [0, 0.1) is 5.92 Å². The Balaban J connectivity index is 1.94. The summed E-state index contributed by atoms with van der Waals surface area (Å²) in [5.74, 6) is 2.88. The van der Waals surface area contributed by atoms with Crippen LogP contribution in [0.4, 0.5) is 0 Å². The molecule has 156 valence electrons. The van der Waals surface area contributed by atoms with Crippen molar-refractivity contribution in [2.45, 2.75) is 39.5 Å². The molecule has 0 bridgehead atoms. The Bertz CT molecular complexity index is 649. The molecule has 0 aliphatic rings. The molecule has 0 amide bonds. The van der Waals surface area contributed by atoms with Gasteiger partial charge in [-0.3, -0.25) is 4.90 Å². The van der Waals surface area contributed by atoms with Crippen LogP contribution in [0.2, 0.25) is 0 Å². The maximum absolute atomic E-state index is 10.4. The lowest BCUT2D eigenvalue weighted by molar-refractivity contribution is 0.00324. The molecule has 2 rings (SSSR count). The lowest BCUT2D eigenvalue weighted by Gasteiger charge is -2.26. The highest BCUT2D eigenvalue weighted by Gasteiger charge is 2.15. The van der Waals surface area contributed by atoms with Gasteiger partial charge in [0, 0.05) is 19.2 Å². The molecule has 1 heterocycles. The summed E-state index contributed by atoms with van der Waals surface area (Å²) in [6.45, 7) is 7.17. The zero-order valence-corrected chi connectivity index (χ0v) is 17.4. The van der Waals surface area contributed by atoms with E-state index >= 15 is 0 Å². The van der Waals surface area contributed by atoms with Crippen LogP contribution in [-0.4, -0.2) is 50.0 Å². The molecule has 6 heteroatoms. The normalized spacial score (nSPS) is 12.5. The number of hydrogen-bond acceptors (Lipinski definition) is 6. The Morgan fingerprint density at radius 3 is 2.39 bits per heavy atom. The van der Waals surface area contributed by atoms with Crippen LogP contribution in [0.5, 0.6) is 11.5 Å². The van der Waals surface area contributed by atoms with Gasteiger partial charge in [0.05, 0.1) is 33.2 Å². The SMILES string of the molecule is COc1cc(CN(CCC(C)C)C[C@H](O)COCc2ccco2)cc(OC)c1. The lowest BCUT2D eigenvalue weighted by Crippen LogP contribution is -2.35. The number of aliphatic hydroxyl groups excluding tert-OH is 1. The summed E-state index contributed by atoms with van der Waals surface area (Å²) in [5, 5.41) is 10.4. The van der Waals surface area contributed by atoms with Crippen molar-refractivity contribution < 1.29 is 23.7 Å². The van der Waals surface area contributed by atoms with Gasteiger partial charge in [-0.1, -0.05) is 13.8 Å². The van der Waals surface area contributed by atoms with Crippen molar-refractivity contribution in [3.63, 3.8) is 0 Å². The third-order valence-corrected chi connectivity index (χ3v) is 4.44. The molecule has 1 N–H and O–H groups in total. The number of ether oxygens (including phenoxy) is 3. The zero-order valence-electron chi connectivity index (χ0n) is 17.4. The molecule has 0 aliphatic carbocycles. The molecule has 0 saturated carbocycles. The number of aliphatic hydroxyl groups is 1. The monoisotopic (exact) mass is 391 g/mol. The third kappa shape index (κ3) is 7.92. The van der Waals surface area contributed by atoms with Crippen LogP contribution >= 0.6 is 0 Å². The van der Waals surface area contributed by atoms with Crippen LogP contribution in [0.25, 0.3) is 0 Å². The molecular formula is C22H33NO5. The largest absolute Gasteiger partial charge is 0.497 e. The van der Waals surface area contributed by atoms with Crippen LogP contribution in [0.3, 0.4) is 0 Å². The van der Waals surface area contributed by atoms with E-state index in [0.717, 1.165) is 35.8 Å². The number of benzene rings is 1. The molecule has 1 aromatic carbocycles. The predicted octanol–water partition coefficient (Wildman–Crippen LogP) is 3.72. The molecular weight excluding hydrogens is 358 g/mol. The highest BCUT2D eigenvalue weighted by Crippen LogP contribution is 2.23. The standard InChI is InChI=1S/C22H33NO5/c1-17(2)7-8-23(13-18-10-21(25-3)12-22(11-18)26-4)14-19(24)15-27-16-20-6-5-9-28-20/h5-6,9-12,17,19,24H,7-8,13-16H2,1-4H3/t19-/m0/s1. The first kappa shape index (κ1) is 22.3. The molecule has 0 fully saturated rings. The minimum atomic E-state index is -0.574. The second-order valence-corrected chi connectivity index (χ2v) is 7.39. The fourth-order valence-electron chi connectivity index (χ4n) is 2.93. The fourth-order valence-corrected chi connectivity index (χ4v) is 2.93. The fraction of sp³-hybridized carbons (Fsp3) is 0.545. The van der Waals surface area contributed by atoms with Crippen molar-refractivity contribution in [3.05, 3.63) is 47.9 Å². The van der Waals surface area contributed by atoms with Gasteiger partial charge in [-0.05, 0) is 48.7 Å². The predicted molar refractivity (Wildman–Crippen MR) is 109 cm³/mol. The van der Waals surface area contributed by atoms with E-state index in [2.05, 4.69) is 18.7 Å². The highest BCUT2D eigenvalue weighted by atomic mass is 16.5. The topological polar surface area (TPSA) is 64.3 Å². The van der Waals surface area contributed by atoms with Crippen molar-refractivity contribution in [1.82, 2.24) is 4.90 Å². The van der Waals surface area contributed by atoms with Crippen molar-refractivity contribution in [2.24, 2.45) is 5.92 Å². The third-order valence-electron chi connectivity index (χ3n) is 4.44. The first-order valence-electron chi connectivity index (χ1n) is 9.72. The molecule has 0 unspecified atom stereocenters. The number of rotatable bonds is 13. The van der Waals surface area contributed by atoms with E-state index in [9.17, 15) is 5.11 Å². The summed E-state index contributed by atoms with van der Waals surface area (Å²) < 4.78 is 21.6. The first-order valence-corrected chi connectivity index (χ1v) is 9.72. The number of methoxy groups -OCH3 is 2. The van der Waals surface area contributed by atoms with E-state index in [0.29, 0.717) is 25.6 Å². The number of nitrogens with zero attached hydrogens (tertiary/aromatic N) is 1. The van der Waals surface area contributed by atoms with Crippen molar-refractivity contribution >= 4 is 0 Å². The molecule has 0 saturated heterocycles. The second-order valence-electron chi connectivity index (χ2n) is 7.39. The summed E-state index contributed by atoms with van der Waals surface area (Å²) in [5.41, 5.74) is 1.09. The smallest absolute Gasteiger partial charge is 0.129 e. The van der Waals surface area contributed by atoms with E-state index in [1.165, 1.54) is 0 Å². The Labute approximate surface area is 168 Å². The van der Waals surface area contributed by atoms with E-state index in [-0.39, 0.29) is 6.61 Å². The summed E-state index contributed by atoms with van der Waals surface area (Å²) in [4.78, 5) is 2.25. The van der Waals surface area contributed by atoms with E-state index in [1.807, 2.05) is 30.3 Å². The maximum Gasteiger partial charge on any atom is 0.129 e. The van der Waals surface area contributed by atoms with Crippen LogP contribution < -0.4 is 9.47 Å². The summed E-state index contributed by atoms with van der Waals surface area (Å²) in [6, 6.07) is 9.55. The van der Waals surface area contributed by atoms with E-state index in [1.54, 1.807) is 20.5 Å². The summed E-state index contributed by atoms with van der Waals surface area (Å²) >= 11 is 0. The van der Waals surface area contributed by atoms with Crippen LogP contribution in [0.15, 0.2) is 41.0 Å². The number of furan rings is 1. The molecule has 0 radical (unpaired) electrons. The van der Waals surface area contributed by atoms with Crippen LogP contribution in [0.1, 0.15) is 31.6 Å². The highest BCUT2D eigenvalue weighted by molar-refractivity contribution is 5.38. The van der Waals surface area contributed by atoms with Gasteiger partial charge in [-0.2, -0.15) is 0 Å². The Morgan fingerprint density at radius 1 is 1.11 bits per heavy atom. The van der Waals surface area contributed by atoms with Crippen molar-refractivity contribution in [3.8, 4) is 11.5 Å². The van der Waals surface area contributed by atoms with Gasteiger partial charge >= 0.3 is 0 Å². The van der Waals surface area contributed by atoms with E-state index < -0.39 is 6.10 Å². The Morgan fingerprint density at radius 2 is 1.82 bits per heavy atom. The minimum Gasteiger partial charge on any atom is -0.497 e. The van der Waals surface area contributed by atoms with Gasteiger partial charge in [-0.15, -0.1) is 0 Å². The molecule has 2 aromatic rings. The molecule has 28 heavy (non-hydrogen) atoms. The lowest BCUT2D eigenvalue weighted by atomic mass is 10.1. The van der Waals surface area contributed by atoms with Gasteiger partial charge in [0.2, 0.25) is 0 Å². The van der Waals surface area contributed by atoms with Crippen LogP contribution in [-0.2, 0) is 17.9 Å². The molecule has 0 spiro atoms.